The van der Waals surface area contributed by atoms with Gasteiger partial charge < -0.3 is 0 Å². The summed E-state index contributed by atoms with van der Waals surface area (Å²) >= 11 is 0. The number of rotatable bonds is 0. The SMILES string of the molecule is P.[As].[In].[Sb]. The maximum Gasteiger partial charge on any atom is 0 e. The number of hydrogen-bond acceptors (Lipinski definition) is 0. The minimum absolute atomic E-state index is 0. The van der Waals surface area contributed by atoms with Crippen LogP contribution in [-0.2, 0) is 0 Å². The zero-order valence-corrected chi connectivity index (χ0v) is 11.3. The fraction of sp³-hybridized carbons (Fsp3) is 0. The van der Waals surface area contributed by atoms with Crippen LogP contribution in [0.3, 0.4) is 0 Å². The summed E-state index contributed by atoms with van der Waals surface area (Å²) in [6, 6.07) is 0. The van der Waals surface area contributed by atoms with Crippen molar-refractivity contribution in [1.82, 2.24) is 0 Å². The summed E-state index contributed by atoms with van der Waals surface area (Å²) < 4.78 is 0. The third kappa shape index (κ3) is 8.82. The van der Waals surface area contributed by atoms with E-state index in [2.05, 4.69) is 0 Å². The molecule has 1 atom stereocenters. The molecule has 0 bridgehead atoms. The zero-order valence-electron chi connectivity index (χ0n) is 2.18. The van der Waals surface area contributed by atoms with Crippen molar-refractivity contribution in [2.45, 2.75) is 0 Å². The average molecular weight is 345 g/mol. The second-order valence-electron chi connectivity index (χ2n) is 0. The average Bonchev–Trinajstić information content (AvgIpc) is 0. The van der Waals surface area contributed by atoms with Gasteiger partial charge >= 0.3 is 0 Å². The van der Waals surface area contributed by atoms with E-state index in [0.29, 0.717) is 0 Å². The van der Waals surface area contributed by atoms with Crippen molar-refractivity contribution < 1.29 is 0 Å². The summed E-state index contributed by atoms with van der Waals surface area (Å²) in [5.74, 6) is 0. The predicted octanol–water partition coefficient (Wildman–Crippen LogP) is -1.08. The molecule has 0 heterocycles. The molecule has 4 heteroatoms. The van der Waals surface area contributed by atoms with Crippen LogP contribution in [0.25, 0.3) is 0 Å². The van der Waals surface area contributed by atoms with Crippen molar-refractivity contribution in [3.63, 3.8) is 0 Å². The second-order valence-corrected chi connectivity index (χ2v) is 0. The third-order valence-corrected chi connectivity index (χ3v) is 0. The van der Waals surface area contributed by atoms with Crippen LogP contribution in [0.4, 0.5) is 0 Å². The molecule has 1 unspecified atom stereocenters. The Hall–Kier alpha value is 2.68. The van der Waals surface area contributed by atoms with E-state index in [4.69, 9.17) is 0 Å². The summed E-state index contributed by atoms with van der Waals surface area (Å²) in [7, 11) is 0. The van der Waals surface area contributed by atoms with Gasteiger partial charge in [0.05, 0.1) is 0 Å². The Morgan fingerprint density at radius 1 is 1.00 bits per heavy atom. The molecule has 0 saturated carbocycles. The molecule has 0 aliphatic heterocycles. The summed E-state index contributed by atoms with van der Waals surface area (Å²) in [6.45, 7) is 0. The Labute approximate surface area is 77.0 Å². The van der Waals surface area contributed by atoms with Gasteiger partial charge in [-0.15, -0.1) is 0 Å². The zero-order chi connectivity index (χ0) is 0. The van der Waals surface area contributed by atoms with E-state index in [9.17, 15) is 0 Å². The van der Waals surface area contributed by atoms with Gasteiger partial charge in [0, 0.05) is 68.2 Å². The molecule has 0 aliphatic carbocycles. The summed E-state index contributed by atoms with van der Waals surface area (Å²) in [6.07, 6.45) is 0. The minimum atomic E-state index is 0. The van der Waals surface area contributed by atoms with E-state index in [1.807, 2.05) is 0 Å². The Morgan fingerprint density at radius 2 is 1.00 bits per heavy atom. The van der Waals surface area contributed by atoms with Gasteiger partial charge in [0.2, 0.25) is 0 Å². The molecule has 0 N–H and O–H groups in total. The van der Waals surface area contributed by atoms with Crippen molar-refractivity contribution in [3.05, 3.63) is 0 Å². The van der Waals surface area contributed by atoms with E-state index < -0.39 is 0 Å². The second kappa shape index (κ2) is 17.3. The molecule has 0 aromatic heterocycles. The molecule has 0 saturated heterocycles. The van der Waals surface area contributed by atoms with Gasteiger partial charge in [-0.05, 0) is 0 Å². The molecule has 4 heavy (non-hydrogen) atoms. The molecule has 0 amide bonds. The Balaban J connectivity index is 0. The normalized spacial score (nSPS) is 0. The first-order valence-corrected chi connectivity index (χ1v) is 0. The molecular weight excluding hydrogens is 342 g/mol. The van der Waals surface area contributed by atoms with Gasteiger partial charge in [0.1, 0.15) is 0 Å². The molecule has 0 fully saturated rings. The van der Waals surface area contributed by atoms with E-state index in [1.54, 1.807) is 0 Å². The molecule has 0 nitrogen and oxygen atoms in total. The molecule has 0 spiro atoms. The smallest absolute Gasteiger partial charge is 0 e. The molecular formula is H3AsInPSb. The first-order chi connectivity index (χ1) is 0. The van der Waals surface area contributed by atoms with Crippen LogP contribution in [0.1, 0.15) is 0 Å². The van der Waals surface area contributed by atoms with Crippen LogP contribution in [0, 0.1) is 0 Å². The summed E-state index contributed by atoms with van der Waals surface area (Å²) in [4.78, 5) is 0. The summed E-state index contributed by atoms with van der Waals surface area (Å²) in [5.41, 5.74) is 0. The van der Waals surface area contributed by atoms with E-state index in [1.165, 1.54) is 0 Å². The first kappa shape index (κ1) is 30.0. The minimum Gasteiger partial charge on any atom is -0.153 e. The quantitative estimate of drug-likeness (QED) is 0.387. The van der Waals surface area contributed by atoms with E-state index >= 15 is 0 Å². The molecule has 0 rings (SSSR count). The van der Waals surface area contributed by atoms with Crippen molar-refractivity contribution in [1.29, 1.82) is 0 Å². The Kier molecular flexibility index (Phi) is 130. The maximum atomic E-state index is 0. The summed E-state index contributed by atoms with van der Waals surface area (Å²) in [5, 5.41) is 0. The Bertz CT molecular complexity index is 8.00. The van der Waals surface area contributed by atoms with Gasteiger partial charge in [-0.2, -0.15) is 9.90 Å². The standard InChI is InChI=1S/As.In.H3P.Sb/h;;1H3;. The van der Waals surface area contributed by atoms with Crippen molar-refractivity contribution in [2.24, 2.45) is 0 Å². The first-order valence-electron chi connectivity index (χ1n) is 0. The largest absolute Gasteiger partial charge is 0.153 e. The monoisotopic (exact) mass is 345 g/mol. The van der Waals surface area contributed by atoms with Crippen molar-refractivity contribution in [3.8, 4) is 0 Å². The van der Waals surface area contributed by atoms with Gasteiger partial charge in [0.25, 0.3) is 0 Å². The van der Waals surface area contributed by atoms with Gasteiger partial charge in [-0.3, -0.25) is 0 Å². The molecule has 21 valence electrons. The third-order valence-electron chi connectivity index (χ3n) is 0. The molecule has 0 aromatic rings. The maximum absolute atomic E-state index is 0. The Morgan fingerprint density at radius 3 is 1.00 bits per heavy atom. The molecule has 0 aliphatic rings. The van der Waals surface area contributed by atoms with Crippen LogP contribution in [0.15, 0.2) is 0 Å². The molecule has 9 radical (unpaired) electrons. The van der Waals surface area contributed by atoms with Crippen LogP contribution < -0.4 is 0 Å². The fourth-order valence-electron chi connectivity index (χ4n) is 0. The molecule has 0 aromatic carbocycles. The van der Waals surface area contributed by atoms with E-state index in [-0.39, 0.29) is 78.1 Å². The topological polar surface area (TPSA) is 0 Å². The van der Waals surface area contributed by atoms with Gasteiger partial charge in [-0.25, -0.2) is 0 Å². The number of hydrogen-bond donors (Lipinski definition) is 0. The van der Waals surface area contributed by atoms with E-state index in [0.717, 1.165) is 0 Å². The van der Waals surface area contributed by atoms with Gasteiger partial charge in [0.15, 0.2) is 0 Å². The van der Waals surface area contributed by atoms with Crippen LogP contribution in [0.5, 0.6) is 0 Å². The fourth-order valence-corrected chi connectivity index (χ4v) is 0. The van der Waals surface area contributed by atoms with Crippen LogP contribution >= 0.6 is 9.90 Å². The van der Waals surface area contributed by atoms with Gasteiger partial charge in [-0.1, -0.05) is 0 Å². The van der Waals surface area contributed by atoms with Crippen molar-refractivity contribution in [2.75, 3.05) is 0 Å². The van der Waals surface area contributed by atoms with Crippen molar-refractivity contribution >= 4 is 78.1 Å². The van der Waals surface area contributed by atoms with Crippen LogP contribution in [0.2, 0.25) is 0 Å². The van der Waals surface area contributed by atoms with Crippen LogP contribution in [-0.4, -0.2) is 68.2 Å². The predicted molar refractivity (Wildman–Crippen MR) is 28.4 cm³/mol.